The van der Waals surface area contributed by atoms with Gasteiger partial charge in [0, 0.05) is 6.42 Å². The number of ether oxygens (including phenoxy) is 2. The predicted octanol–water partition coefficient (Wildman–Crippen LogP) is 4.83. The van der Waals surface area contributed by atoms with Crippen LogP contribution in [0.1, 0.15) is 63.5 Å². The van der Waals surface area contributed by atoms with Crippen molar-refractivity contribution >= 4 is 23.9 Å². The van der Waals surface area contributed by atoms with Gasteiger partial charge in [-0.3, -0.25) is 19.2 Å². The van der Waals surface area contributed by atoms with E-state index in [9.17, 15) is 24.3 Å². The number of carbonyl (C=O) groups excluding carboxylic acids is 2. The van der Waals surface area contributed by atoms with Crippen LogP contribution < -0.4 is 0 Å². The number of benzene rings is 2. The minimum absolute atomic E-state index is 0.0156. The van der Waals surface area contributed by atoms with Crippen molar-refractivity contribution in [3.63, 3.8) is 0 Å². The molecule has 2 rings (SSSR count). The lowest BCUT2D eigenvalue weighted by Gasteiger charge is -2.39. The summed E-state index contributed by atoms with van der Waals surface area (Å²) in [6.07, 6.45) is 0.0752. The summed E-state index contributed by atoms with van der Waals surface area (Å²) >= 11 is 0. The maximum Gasteiger partial charge on any atom is 0.317 e. The lowest BCUT2D eigenvalue weighted by molar-refractivity contribution is -0.186. The number of hydrogen-bond acceptors (Lipinski definition) is 6. The monoisotopic (exact) mass is 512 g/mol. The Hall–Kier alpha value is -3.68. The lowest BCUT2D eigenvalue weighted by atomic mass is 9.73. The van der Waals surface area contributed by atoms with E-state index in [1.54, 1.807) is 48.5 Å². The van der Waals surface area contributed by atoms with E-state index in [0.29, 0.717) is 25.7 Å². The number of carboxylic acid groups (broad SMARTS) is 2. The molecule has 200 valence electrons. The van der Waals surface area contributed by atoms with Crippen molar-refractivity contribution in [1.29, 1.82) is 0 Å². The molecule has 2 unspecified atom stereocenters. The highest BCUT2D eigenvalue weighted by molar-refractivity contribution is 5.79. The standard InChI is InChI=1S/C29H36O8/c1-21(36-26(32)19-23-13-7-5-8-14-23)29(28(34)35,18-12-4-3-11-17-25(30)31)22(2)37-27(33)20-24-15-9-6-10-16-24/h5-10,13-16,21-22H,3-4,11-12,17-20H2,1-2H3,(H,30,31)(H,34,35). The Morgan fingerprint density at radius 1 is 0.703 bits per heavy atom. The van der Waals surface area contributed by atoms with Gasteiger partial charge in [-0.15, -0.1) is 0 Å². The van der Waals surface area contributed by atoms with Crippen molar-refractivity contribution in [3.8, 4) is 0 Å². The summed E-state index contributed by atoms with van der Waals surface area (Å²) in [4.78, 5) is 48.8. The van der Waals surface area contributed by atoms with Crippen molar-refractivity contribution in [2.75, 3.05) is 0 Å². The Labute approximate surface area is 217 Å². The van der Waals surface area contributed by atoms with E-state index in [0.717, 1.165) is 11.1 Å². The molecule has 2 aromatic carbocycles. The van der Waals surface area contributed by atoms with Gasteiger partial charge in [-0.2, -0.15) is 0 Å². The Morgan fingerprint density at radius 3 is 1.54 bits per heavy atom. The van der Waals surface area contributed by atoms with Crippen LogP contribution in [0.3, 0.4) is 0 Å². The van der Waals surface area contributed by atoms with Crippen LogP contribution in [0.2, 0.25) is 0 Å². The Balaban J connectivity index is 2.16. The van der Waals surface area contributed by atoms with Crippen molar-refractivity contribution in [1.82, 2.24) is 0 Å². The molecule has 0 aromatic heterocycles. The van der Waals surface area contributed by atoms with Gasteiger partial charge in [0.25, 0.3) is 0 Å². The van der Waals surface area contributed by atoms with E-state index in [1.165, 1.54) is 13.8 Å². The van der Waals surface area contributed by atoms with E-state index in [1.807, 2.05) is 12.1 Å². The Morgan fingerprint density at radius 2 is 1.14 bits per heavy atom. The second kappa shape index (κ2) is 14.8. The molecule has 0 heterocycles. The topological polar surface area (TPSA) is 127 Å². The average molecular weight is 513 g/mol. The molecule has 8 heteroatoms. The fraction of sp³-hybridized carbons (Fsp3) is 0.448. The smallest absolute Gasteiger partial charge is 0.317 e. The van der Waals surface area contributed by atoms with E-state index in [-0.39, 0.29) is 25.7 Å². The van der Waals surface area contributed by atoms with Crippen molar-refractivity contribution < 1.29 is 38.9 Å². The highest BCUT2D eigenvalue weighted by Gasteiger charge is 2.52. The van der Waals surface area contributed by atoms with Gasteiger partial charge in [-0.25, -0.2) is 0 Å². The molecule has 0 saturated carbocycles. The molecule has 2 aromatic rings. The SMILES string of the molecule is CC(OC(=O)Cc1ccccc1)C(CCCCCCC(=O)O)(C(=O)O)C(C)OC(=O)Cc1ccccc1. The van der Waals surface area contributed by atoms with Gasteiger partial charge in [0.1, 0.15) is 17.6 Å². The van der Waals surface area contributed by atoms with E-state index < -0.39 is 41.5 Å². The second-order valence-corrected chi connectivity index (χ2v) is 9.24. The number of carboxylic acids is 2. The molecule has 2 atom stereocenters. The van der Waals surface area contributed by atoms with Crippen molar-refractivity contribution in [2.45, 2.75) is 77.4 Å². The lowest BCUT2D eigenvalue weighted by Crippen LogP contribution is -2.52. The summed E-state index contributed by atoms with van der Waals surface area (Å²) in [5.41, 5.74) is -0.200. The fourth-order valence-corrected chi connectivity index (χ4v) is 4.45. The zero-order chi connectivity index (χ0) is 27.3. The molecule has 2 N–H and O–H groups in total. The highest BCUT2D eigenvalue weighted by Crippen LogP contribution is 2.38. The van der Waals surface area contributed by atoms with Gasteiger partial charge < -0.3 is 19.7 Å². The maximum absolute atomic E-state index is 12.7. The van der Waals surface area contributed by atoms with Gasteiger partial charge in [0.05, 0.1) is 12.8 Å². The summed E-state index contributed by atoms with van der Waals surface area (Å²) in [7, 11) is 0. The minimum Gasteiger partial charge on any atom is -0.481 e. The zero-order valence-electron chi connectivity index (χ0n) is 21.4. The van der Waals surface area contributed by atoms with E-state index >= 15 is 0 Å². The summed E-state index contributed by atoms with van der Waals surface area (Å²) in [6.45, 7) is 3.03. The Kier molecular flexibility index (Phi) is 11.8. The van der Waals surface area contributed by atoms with Crippen LogP contribution in [0.5, 0.6) is 0 Å². The number of carbonyl (C=O) groups is 4. The molecule has 0 aliphatic heterocycles. The molecular weight excluding hydrogens is 476 g/mol. The number of rotatable bonds is 16. The molecule has 0 radical (unpaired) electrons. The number of aliphatic carboxylic acids is 2. The van der Waals surface area contributed by atoms with Gasteiger partial charge in [-0.1, -0.05) is 79.9 Å². The molecule has 0 aliphatic rings. The van der Waals surface area contributed by atoms with Crippen LogP contribution in [0.15, 0.2) is 60.7 Å². The first-order valence-corrected chi connectivity index (χ1v) is 12.6. The first-order chi connectivity index (χ1) is 17.6. The molecule has 0 saturated heterocycles. The third-order valence-corrected chi connectivity index (χ3v) is 6.58. The molecular formula is C29H36O8. The summed E-state index contributed by atoms with van der Waals surface area (Å²) in [5.74, 6) is -3.25. The molecule has 0 fully saturated rings. The van der Waals surface area contributed by atoms with E-state index in [4.69, 9.17) is 14.6 Å². The average Bonchev–Trinajstić information content (AvgIpc) is 2.84. The van der Waals surface area contributed by atoms with Crippen LogP contribution in [-0.4, -0.2) is 46.3 Å². The number of unbranched alkanes of at least 4 members (excludes halogenated alkanes) is 3. The molecule has 0 spiro atoms. The summed E-state index contributed by atoms with van der Waals surface area (Å²) in [5, 5.41) is 19.2. The van der Waals surface area contributed by atoms with Gasteiger partial charge in [0.15, 0.2) is 0 Å². The normalized spacial score (nSPS) is 14.1. The van der Waals surface area contributed by atoms with Crippen LogP contribution in [0, 0.1) is 5.41 Å². The van der Waals surface area contributed by atoms with Crippen LogP contribution >= 0.6 is 0 Å². The van der Waals surface area contributed by atoms with E-state index in [2.05, 4.69) is 0 Å². The molecule has 37 heavy (non-hydrogen) atoms. The van der Waals surface area contributed by atoms with Crippen LogP contribution in [0.4, 0.5) is 0 Å². The van der Waals surface area contributed by atoms with Gasteiger partial charge in [0.2, 0.25) is 0 Å². The van der Waals surface area contributed by atoms with Gasteiger partial charge >= 0.3 is 23.9 Å². The van der Waals surface area contributed by atoms with Gasteiger partial charge in [-0.05, 0) is 37.8 Å². The molecule has 0 amide bonds. The number of hydrogen-bond donors (Lipinski definition) is 2. The third-order valence-electron chi connectivity index (χ3n) is 6.58. The first-order valence-electron chi connectivity index (χ1n) is 12.6. The highest BCUT2D eigenvalue weighted by atomic mass is 16.6. The predicted molar refractivity (Wildman–Crippen MR) is 137 cm³/mol. The number of esters is 2. The first kappa shape index (κ1) is 29.5. The summed E-state index contributed by atoms with van der Waals surface area (Å²) in [6, 6.07) is 18.0. The third kappa shape index (κ3) is 9.37. The molecule has 0 aliphatic carbocycles. The largest absolute Gasteiger partial charge is 0.481 e. The summed E-state index contributed by atoms with van der Waals surface area (Å²) < 4.78 is 11.2. The molecule has 0 bridgehead atoms. The van der Waals surface area contributed by atoms with Crippen molar-refractivity contribution in [3.05, 3.63) is 71.8 Å². The molecule has 8 nitrogen and oxygen atoms in total. The Bertz CT molecular complexity index is 957. The van der Waals surface area contributed by atoms with Crippen molar-refractivity contribution in [2.24, 2.45) is 5.41 Å². The quantitative estimate of drug-likeness (QED) is 0.242. The maximum atomic E-state index is 12.7. The second-order valence-electron chi connectivity index (χ2n) is 9.24. The zero-order valence-corrected chi connectivity index (χ0v) is 21.4. The van der Waals surface area contributed by atoms with Crippen LogP contribution in [-0.2, 0) is 41.5 Å². The minimum atomic E-state index is -1.68. The van der Waals surface area contributed by atoms with Crippen LogP contribution in [0.25, 0.3) is 0 Å². The fourth-order valence-electron chi connectivity index (χ4n) is 4.45.